The number of rotatable bonds is 3. The average molecular weight is 250 g/mol. The van der Waals surface area contributed by atoms with E-state index in [-0.39, 0.29) is 27.9 Å². The highest BCUT2D eigenvalue weighted by molar-refractivity contribution is 5.68. The monoisotopic (exact) mass is 250 g/mol. The molecule has 14 heteroatoms. The highest BCUT2D eigenvalue weighted by Crippen LogP contribution is 2.22. The van der Waals surface area contributed by atoms with Crippen molar-refractivity contribution in [3.05, 3.63) is 10.1 Å². The molecular formula is C4H2N12O2. The number of nitrogens with one attached hydrogen (secondary N) is 2. The van der Waals surface area contributed by atoms with Crippen molar-refractivity contribution < 1.29 is 5.03 Å². The summed E-state index contributed by atoms with van der Waals surface area (Å²) in [5, 5.41) is 42.7. The van der Waals surface area contributed by atoms with Crippen molar-refractivity contribution in [1.29, 1.82) is 0 Å². The fraction of sp³-hybridized carbons (Fsp3) is 0. The van der Waals surface area contributed by atoms with Crippen molar-refractivity contribution in [1.82, 2.24) is 56.4 Å². The molecule has 0 aliphatic heterocycles. The van der Waals surface area contributed by atoms with Gasteiger partial charge in [0.05, 0.1) is 0 Å². The molecule has 3 aromatic heterocycles. The van der Waals surface area contributed by atoms with Crippen LogP contribution >= 0.6 is 0 Å². The van der Waals surface area contributed by atoms with E-state index >= 15 is 0 Å². The molecule has 0 aliphatic rings. The molecule has 0 aromatic carbocycles. The van der Waals surface area contributed by atoms with Gasteiger partial charge in [-0.25, -0.2) is 0 Å². The molecular weight excluding hydrogens is 248 g/mol. The number of aromatic nitrogens is 11. The van der Waals surface area contributed by atoms with Crippen LogP contribution in [0.5, 0.6) is 0 Å². The van der Waals surface area contributed by atoms with E-state index in [0.717, 1.165) is 0 Å². The highest BCUT2D eigenvalue weighted by atomic mass is 16.7. The minimum absolute atomic E-state index is 0.0156. The first kappa shape index (κ1) is 9.87. The average Bonchev–Trinajstić information content (AvgIpc) is 3.10. The number of tetrazole rings is 2. The molecule has 2 N–H and O–H groups in total. The number of nitro groups is 1. The van der Waals surface area contributed by atoms with Crippen LogP contribution in [0.4, 0.5) is 0 Å². The van der Waals surface area contributed by atoms with Crippen molar-refractivity contribution in [2.75, 3.05) is 0 Å². The number of H-pyrrole nitrogens is 2. The second kappa shape index (κ2) is 3.61. The van der Waals surface area contributed by atoms with Crippen molar-refractivity contribution in [3.8, 4) is 23.0 Å². The lowest BCUT2D eigenvalue weighted by Crippen LogP contribution is -2.12. The predicted octanol–water partition coefficient (Wildman–Crippen LogP) is -2.32. The summed E-state index contributed by atoms with van der Waals surface area (Å²) in [7, 11) is 0. The van der Waals surface area contributed by atoms with Crippen LogP contribution in [0.1, 0.15) is 0 Å². The Morgan fingerprint density at radius 1 is 1.00 bits per heavy atom. The lowest BCUT2D eigenvalue weighted by Gasteiger charge is -1.86. The van der Waals surface area contributed by atoms with Crippen LogP contribution in [0.15, 0.2) is 0 Å². The van der Waals surface area contributed by atoms with E-state index in [1.165, 1.54) is 0 Å². The van der Waals surface area contributed by atoms with Gasteiger partial charge in [0.15, 0.2) is 0 Å². The molecule has 0 radical (unpaired) electrons. The van der Waals surface area contributed by atoms with Crippen molar-refractivity contribution in [2.24, 2.45) is 0 Å². The molecule has 0 fully saturated rings. The largest absolute Gasteiger partial charge is 0.372 e. The number of hydrogen-bond acceptors (Lipinski definition) is 10. The fourth-order valence-electron chi connectivity index (χ4n) is 1.19. The van der Waals surface area contributed by atoms with Gasteiger partial charge in [0, 0.05) is 15.2 Å². The lowest BCUT2D eigenvalue weighted by molar-refractivity contribution is -0.563. The summed E-state index contributed by atoms with van der Waals surface area (Å²) < 4.78 is 0. The van der Waals surface area contributed by atoms with Gasteiger partial charge in [0.2, 0.25) is 11.6 Å². The minimum Gasteiger partial charge on any atom is -0.372 e. The van der Waals surface area contributed by atoms with Gasteiger partial charge in [-0.2, -0.15) is 10.4 Å². The maximum absolute atomic E-state index is 10.6. The first-order valence-electron chi connectivity index (χ1n) is 4.35. The van der Waals surface area contributed by atoms with Crippen LogP contribution < -0.4 is 0 Å². The van der Waals surface area contributed by atoms with Gasteiger partial charge in [-0.15, -0.1) is 20.4 Å². The Balaban J connectivity index is 2.20. The van der Waals surface area contributed by atoms with Gasteiger partial charge in [0.25, 0.3) is 11.4 Å². The van der Waals surface area contributed by atoms with Crippen molar-refractivity contribution in [2.45, 2.75) is 0 Å². The van der Waals surface area contributed by atoms with E-state index in [2.05, 4.69) is 51.4 Å². The van der Waals surface area contributed by atoms with E-state index in [1.807, 2.05) is 0 Å². The van der Waals surface area contributed by atoms with E-state index in [1.54, 1.807) is 0 Å². The molecule has 0 bridgehead atoms. The maximum Gasteiger partial charge on any atom is 0.263 e. The quantitative estimate of drug-likeness (QED) is 0.377. The molecule has 18 heavy (non-hydrogen) atoms. The summed E-state index contributed by atoms with van der Waals surface area (Å²) in [5.74, 6) is 0.0609. The normalized spacial score (nSPS) is 10.7. The third-order valence-electron chi connectivity index (χ3n) is 1.86. The molecule has 0 saturated carbocycles. The van der Waals surface area contributed by atoms with Crippen molar-refractivity contribution >= 4 is 0 Å². The molecule has 3 heterocycles. The number of nitrogens with zero attached hydrogens (tertiary/aromatic N) is 10. The standard InChI is InChI=1S/C4H2N12O2/c17-16(18)15-9-1(3-5-11-12-6-3)2(10-15)4-7-13-14-8-4/h(H,5,6,11,12)(H,7,8,13,14). The maximum atomic E-state index is 10.6. The fourth-order valence-corrected chi connectivity index (χ4v) is 1.19. The van der Waals surface area contributed by atoms with Gasteiger partial charge in [0.1, 0.15) is 4.91 Å². The molecule has 0 saturated heterocycles. The van der Waals surface area contributed by atoms with Crippen LogP contribution in [0, 0.1) is 10.1 Å². The van der Waals surface area contributed by atoms with Crippen LogP contribution in [-0.4, -0.2) is 61.4 Å². The molecule has 90 valence electrons. The van der Waals surface area contributed by atoms with Gasteiger partial charge in [-0.1, -0.05) is 0 Å². The van der Waals surface area contributed by atoms with Gasteiger partial charge in [-0.05, 0) is 10.4 Å². The topological polar surface area (TPSA) is 183 Å². The van der Waals surface area contributed by atoms with E-state index in [9.17, 15) is 10.1 Å². The van der Waals surface area contributed by atoms with Crippen LogP contribution in [0.2, 0.25) is 0 Å². The highest BCUT2D eigenvalue weighted by Gasteiger charge is 2.29. The molecule has 3 aromatic rings. The SMILES string of the molecule is O=[N+]([O-])n1nc(-c2nn[nH]n2)c(-c2nn[nH]n2)n1. The minimum atomic E-state index is -0.826. The zero-order valence-corrected chi connectivity index (χ0v) is 8.29. The summed E-state index contributed by atoms with van der Waals surface area (Å²) in [6.45, 7) is 0. The van der Waals surface area contributed by atoms with E-state index < -0.39 is 5.03 Å². The summed E-state index contributed by atoms with van der Waals surface area (Å²) in [6.07, 6.45) is 0. The smallest absolute Gasteiger partial charge is 0.263 e. The summed E-state index contributed by atoms with van der Waals surface area (Å²) in [6, 6.07) is 0. The van der Waals surface area contributed by atoms with Crippen LogP contribution in [-0.2, 0) is 0 Å². The lowest BCUT2D eigenvalue weighted by atomic mass is 10.3. The second-order valence-corrected chi connectivity index (χ2v) is 2.87. The number of aromatic amines is 2. The molecule has 3 rings (SSSR count). The molecule has 0 unspecified atom stereocenters. The predicted molar refractivity (Wildman–Crippen MR) is 48.8 cm³/mol. The Hall–Kier alpha value is -3.32. The summed E-state index contributed by atoms with van der Waals surface area (Å²) in [4.78, 5) is 10.9. The van der Waals surface area contributed by atoms with Crippen LogP contribution in [0.3, 0.4) is 0 Å². The summed E-state index contributed by atoms with van der Waals surface area (Å²) >= 11 is 0. The Labute approximate surface area is 95.5 Å². The first-order valence-corrected chi connectivity index (χ1v) is 4.35. The van der Waals surface area contributed by atoms with E-state index in [0.29, 0.717) is 0 Å². The molecule has 0 aliphatic carbocycles. The second-order valence-electron chi connectivity index (χ2n) is 2.87. The van der Waals surface area contributed by atoms with Gasteiger partial charge >= 0.3 is 0 Å². The van der Waals surface area contributed by atoms with Crippen molar-refractivity contribution in [3.63, 3.8) is 0 Å². The Kier molecular flexibility index (Phi) is 1.98. The van der Waals surface area contributed by atoms with Crippen LogP contribution in [0.25, 0.3) is 23.0 Å². The molecule has 0 atom stereocenters. The third-order valence-corrected chi connectivity index (χ3v) is 1.86. The zero-order valence-electron chi connectivity index (χ0n) is 8.29. The first-order chi connectivity index (χ1) is 8.75. The molecule has 0 spiro atoms. The Bertz CT molecular complexity index is 613. The third kappa shape index (κ3) is 1.44. The number of hydrogen-bond donors (Lipinski definition) is 2. The zero-order chi connectivity index (χ0) is 12.5. The Morgan fingerprint density at radius 3 is 1.83 bits per heavy atom. The van der Waals surface area contributed by atoms with Gasteiger partial charge in [-0.3, -0.25) is 0 Å². The van der Waals surface area contributed by atoms with E-state index in [4.69, 9.17) is 0 Å². The summed E-state index contributed by atoms with van der Waals surface area (Å²) in [5.41, 5.74) is 0.0312. The molecule has 0 amide bonds. The Morgan fingerprint density at radius 2 is 1.50 bits per heavy atom. The molecule has 14 nitrogen and oxygen atoms in total. The van der Waals surface area contributed by atoms with Gasteiger partial charge < -0.3 is 10.1 Å².